The Morgan fingerprint density at radius 2 is 1.83 bits per heavy atom. The van der Waals surface area contributed by atoms with E-state index in [-0.39, 0.29) is 0 Å². The molecule has 1 radical (unpaired) electrons. The van der Waals surface area contributed by atoms with Crippen molar-refractivity contribution >= 4 is 0 Å². The summed E-state index contributed by atoms with van der Waals surface area (Å²) in [7, 11) is 0. The Kier molecular flexibility index (Phi) is 8.95. The van der Waals surface area contributed by atoms with Crippen LogP contribution in [0.1, 0.15) is 26.7 Å². The lowest BCUT2D eigenvalue weighted by Crippen LogP contribution is -2.24. The van der Waals surface area contributed by atoms with E-state index in [4.69, 9.17) is 4.74 Å². The quantitative estimate of drug-likeness (QED) is 0.519. The summed E-state index contributed by atoms with van der Waals surface area (Å²) in [6, 6.07) is 0. The second-order valence-corrected chi connectivity index (χ2v) is 2.85. The molecule has 73 valence electrons. The van der Waals surface area contributed by atoms with Crippen molar-refractivity contribution in [2.24, 2.45) is 0 Å². The highest BCUT2D eigenvalue weighted by atomic mass is 16.5. The molecular weight excluding hydrogens is 150 g/mol. The van der Waals surface area contributed by atoms with Gasteiger partial charge >= 0.3 is 0 Å². The van der Waals surface area contributed by atoms with E-state index in [1.807, 2.05) is 0 Å². The van der Waals surface area contributed by atoms with E-state index in [9.17, 15) is 0 Å². The summed E-state index contributed by atoms with van der Waals surface area (Å²) in [6.45, 7) is 13.2. The Labute approximate surface area is 76.9 Å². The van der Waals surface area contributed by atoms with Gasteiger partial charge in [-0.25, -0.2) is 0 Å². The lowest BCUT2D eigenvalue weighted by Gasteiger charge is -2.17. The van der Waals surface area contributed by atoms with Gasteiger partial charge in [-0.1, -0.05) is 20.8 Å². The smallest absolute Gasteiger partial charge is 0.0478 e. The van der Waals surface area contributed by atoms with E-state index in [0.29, 0.717) is 0 Å². The van der Waals surface area contributed by atoms with E-state index in [1.165, 1.54) is 0 Å². The van der Waals surface area contributed by atoms with Crippen molar-refractivity contribution in [3.63, 3.8) is 0 Å². The third-order valence-electron chi connectivity index (χ3n) is 1.95. The van der Waals surface area contributed by atoms with Crippen molar-refractivity contribution in [2.75, 3.05) is 32.8 Å². The molecule has 0 atom stereocenters. The zero-order valence-electron chi connectivity index (χ0n) is 8.51. The zero-order valence-corrected chi connectivity index (χ0v) is 8.51. The Bertz CT molecular complexity index is 81.9. The lowest BCUT2D eigenvalue weighted by molar-refractivity contribution is 0.125. The highest BCUT2D eigenvalue weighted by Crippen LogP contribution is 1.91. The van der Waals surface area contributed by atoms with Crippen LogP contribution in [0.15, 0.2) is 0 Å². The first-order valence-electron chi connectivity index (χ1n) is 4.94. The van der Waals surface area contributed by atoms with Crippen molar-refractivity contribution in [3.05, 3.63) is 6.92 Å². The Morgan fingerprint density at radius 1 is 1.17 bits per heavy atom. The number of hydrogen-bond acceptors (Lipinski definition) is 2. The molecule has 12 heavy (non-hydrogen) atoms. The Hall–Kier alpha value is -0.0800. The van der Waals surface area contributed by atoms with Gasteiger partial charge in [0, 0.05) is 19.8 Å². The average Bonchev–Trinajstić information content (AvgIpc) is 2.11. The Balaban J connectivity index is 3.06. The largest absolute Gasteiger partial charge is 0.381 e. The molecule has 0 amide bonds. The van der Waals surface area contributed by atoms with Gasteiger partial charge < -0.3 is 9.64 Å². The SMILES string of the molecule is [CH2]CCOCCCN(CC)CC. The molecular formula is C10H22NO. The van der Waals surface area contributed by atoms with Gasteiger partial charge in [-0.2, -0.15) is 0 Å². The zero-order chi connectivity index (χ0) is 9.23. The summed E-state index contributed by atoms with van der Waals surface area (Å²) in [5.41, 5.74) is 0. The molecule has 0 aliphatic heterocycles. The standard InChI is InChI=1S/C10H22NO/c1-4-9-12-10-7-8-11(5-2)6-3/h1,4-10H2,2-3H3. The maximum atomic E-state index is 5.33. The molecule has 0 heterocycles. The molecule has 0 aromatic heterocycles. The van der Waals surface area contributed by atoms with Gasteiger partial charge in [-0.05, 0) is 25.9 Å². The van der Waals surface area contributed by atoms with Crippen LogP contribution in [0.5, 0.6) is 0 Å². The molecule has 0 aliphatic carbocycles. The van der Waals surface area contributed by atoms with Crippen LogP contribution in [0.25, 0.3) is 0 Å². The van der Waals surface area contributed by atoms with Crippen LogP contribution in [0.2, 0.25) is 0 Å². The number of nitrogens with zero attached hydrogens (tertiary/aromatic N) is 1. The van der Waals surface area contributed by atoms with Crippen LogP contribution in [0, 0.1) is 6.92 Å². The second kappa shape index (κ2) is 9.01. The van der Waals surface area contributed by atoms with Gasteiger partial charge in [-0.3, -0.25) is 0 Å². The minimum Gasteiger partial charge on any atom is -0.381 e. The fourth-order valence-electron chi connectivity index (χ4n) is 1.13. The maximum Gasteiger partial charge on any atom is 0.0478 e. The van der Waals surface area contributed by atoms with Crippen molar-refractivity contribution in [1.29, 1.82) is 0 Å². The predicted octanol–water partition coefficient (Wildman–Crippen LogP) is 1.96. The average molecular weight is 172 g/mol. The number of ether oxygens (including phenoxy) is 1. The fraction of sp³-hybridized carbons (Fsp3) is 0.900. The van der Waals surface area contributed by atoms with Crippen molar-refractivity contribution in [1.82, 2.24) is 4.90 Å². The first-order valence-corrected chi connectivity index (χ1v) is 4.94. The number of hydrogen-bond donors (Lipinski definition) is 0. The van der Waals surface area contributed by atoms with Crippen LogP contribution in [0.3, 0.4) is 0 Å². The van der Waals surface area contributed by atoms with Gasteiger partial charge in [-0.15, -0.1) is 0 Å². The third kappa shape index (κ3) is 6.62. The lowest BCUT2D eigenvalue weighted by atomic mass is 10.4. The predicted molar refractivity (Wildman–Crippen MR) is 53.2 cm³/mol. The van der Waals surface area contributed by atoms with Gasteiger partial charge in [0.1, 0.15) is 0 Å². The van der Waals surface area contributed by atoms with Crippen molar-refractivity contribution < 1.29 is 4.74 Å². The summed E-state index contributed by atoms with van der Waals surface area (Å²) in [5, 5.41) is 0. The molecule has 0 saturated heterocycles. The molecule has 0 spiro atoms. The normalized spacial score (nSPS) is 11.0. The molecule has 0 bridgehead atoms. The van der Waals surface area contributed by atoms with Crippen LogP contribution in [0.4, 0.5) is 0 Å². The van der Waals surface area contributed by atoms with Gasteiger partial charge in [0.05, 0.1) is 0 Å². The summed E-state index contributed by atoms with van der Waals surface area (Å²) >= 11 is 0. The van der Waals surface area contributed by atoms with E-state index >= 15 is 0 Å². The van der Waals surface area contributed by atoms with Crippen LogP contribution in [-0.4, -0.2) is 37.7 Å². The fourth-order valence-corrected chi connectivity index (χ4v) is 1.13. The monoisotopic (exact) mass is 172 g/mol. The first-order chi connectivity index (χ1) is 5.85. The second-order valence-electron chi connectivity index (χ2n) is 2.85. The van der Waals surface area contributed by atoms with E-state index in [0.717, 1.165) is 45.7 Å². The minimum absolute atomic E-state index is 0.804. The highest BCUT2D eigenvalue weighted by molar-refractivity contribution is 4.51. The molecule has 2 nitrogen and oxygen atoms in total. The van der Waals surface area contributed by atoms with Gasteiger partial charge in [0.2, 0.25) is 0 Å². The molecule has 0 aromatic rings. The highest BCUT2D eigenvalue weighted by Gasteiger charge is 1.97. The van der Waals surface area contributed by atoms with E-state index < -0.39 is 0 Å². The molecule has 0 saturated carbocycles. The maximum absolute atomic E-state index is 5.33. The van der Waals surface area contributed by atoms with Gasteiger partial charge in [0.25, 0.3) is 0 Å². The molecule has 0 aliphatic rings. The molecule has 2 heteroatoms. The third-order valence-corrected chi connectivity index (χ3v) is 1.95. The molecule has 0 N–H and O–H groups in total. The molecule has 0 aromatic carbocycles. The topological polar surface area (TPSA) is 12.5 Å². The summed E-state index contributed by atoms with van der Waals surface area (Å²) in [5.74, 6) is 0. The van der Waals surface area contributed by atoms with Crippen LogP contribution >= 0.6 is 0 Å². The van der Waals surface area contributed by atoms with Crippen LogP contribution < -0.4 is 0 Å². The summed E-state index contributed by atoms with van der Waals surface area (Å²) in [4.78, 5) is 2.41. The van der Waals surface area contributed by atoms with Crippen molar-refractivity contribution in [2.45, 2.75) is 26.7 Å². The Morgan fingerprint density at radius 3 is 2.33 bits per heavy atom. The van der Waals surface area contributed by atoms with E-state index in [2.05, 4.69) is 25.7 Å². The molecule has 0 rings (SSSR count). The first kappa shape index (κ1) is 11.9. The van der Waals surface area contributed by atoms with Crippen molar-refractivity contribution in [3.8, 4) is 0 Å². The van der Waals surface area contributed by atoms with E-state index in [1.54, 1.807) is 0 Å². The summed E-state index contributed by atoms with van der Waals surface area (Å²) < 4.78 is 5.33. The molecule has 0 fully saturated rings. The van der Waals surface area contributed by atoms with Gasteiger partial charge in [0.15, 0.2) is 0 Å². The minimum atomic E-state index is 0.804. The van der Waals surface area contributed by atoms with Crippen LogP contribution in [-0.2, 0) is 4.74 Å². The molecule has 0 unspecified atom stereocenters. The summed E-state index contributed by atoms with van der Waals surface area (Å²) in [6.07, 6.45) is 2.02. The number of rotatable bonds is 8.